The number of aromatic carboxylic acids is 1. The van der Waals surface area contributed by atoms with Crippen LogP contribution in [0.2, 0.25) is 5.02 Å². The summed E-state index contributed by atoms with van der Waals surface area (Å²) in [7, 11) is -3.95. The highest BCUT2D eigenvalue weighted by Crippen LogP contribution is 2.25. The number of carboxylic acid groups (broad SMARTS) is 1. The van der Waals surface area contributed by atoms with Gasteiger partial charge >= 0.3 is 0 Å². The van der Waals surface area contributed by atoms with Crippen molar-refractivity contribution in [3.8, 4) is 0 Å². The Morgan fingerprint density at radius 2 is 1.86 bits per heavy atom. The molecule has 2 rings (SSSR count). The van der Waals surface area contributed by atoms with E-state index < -0.39 is 16.0 Å². The van der Waals surface area contributed by atoms with E-state index in [4.69, 9.17) is 11.6 Å². The van der Waals surface area contributed by atoms with Gasteiger partial charge in [-0.2, -0.15) is 0 Å². The summed E-state index contributed by atoms with van der Waals surface area (Å²) < 4.78 is 27.1. The number of carbonyl (C=O) groups is 1. The molecule has 0 atom stereocenters. The number of carboxylic acids is 1. The van der Waals surface area contributed by atoms with Gasteiger partial charge < -0.3 is 9.90 Å². The molecule has 0 amide bonds. The fourth-order valence-electron chi connectivity index (χ4n) is 1.76. The molecule has 0 fully saturated rings. The van der Waals surface area contributed by atoms with Crippen molar-refractivity contribution >= 4 is 33.3 Å². The first-order valence-electron chi connectivity index (χ1n) is 5.90. The monoisotopic (exact) mass is 324 g/mol. The molecule has 2 aromatic rings. The molecular weight excluding hydrogens is 314 g/mol. The number of hydrogen-bond donors (Lipinski definition) is 1. The van der Waals surface area contributed by atoms with Crippen LogP contribution >= 0.6 is 11.6 Å². The van der Waals surface area contributed by atoms with Gasteiger partial charge in [-0.3, -0.25) is 4.72 Å². The molecule has 21 heavy (non-hydrogen) atoms. The lowest BCUT2D eigenvalue weighted by atomic mass is 10.1. The summed E-state index contributed by atoms with van der Waals surface area (Å²) in [6, 6.07) is 10.1. The van der Waals surface area contributed by atoms with Crippen LogP contribution in [0.15, 0.2) is 47.4 Å². The van der Waals surface area contributed by atoms with Gasteiger partial charge in [-0.1, -0.05) is 35.9 Å². The molecule has 0 aliphatic rings. The number of carbonyl (C=O) groups excluding carboxylic acids is 1. The predicted molar refractivity (Wildman–Crippen MR) is 77.8 cm³/mol. The lowest BCUT2D eigenvalue weighted by molar-refractivity contribution is -0.255. The Balaban J connectivity index is 2.47. The van der Waals surface area contributed by atoms with Crippen molar-refractivity contribution in [3.63, 3.8) is 0 Å². The highest BCUT2D eigenvalue weighted by atomic mass is 35.5. The molecule has 0 aromatic heterocycles. The summed E-state index contributed by atoms with van der Waals surface area (Å²) in [6.07, 6.45) is 0. The molecule has 0 aliphatic heterocycles. The summed E-state index contributed by atoms with van der Waals surface area (Å²) >= 11 is 5.91. The fraction of sp³-hybridized carbons (Fsp3) is 0.0714. The maximum atomic E-state index is 12.4. The highest BCUT2D eigenvalue weighted by molar-refractivity contribution is 7.92. The predicted octanol–water partition coefficient (Wildman–Crippen LogP) is 1.81. The molecule has 0 heterocycles. The largest absolute Gasteiger partial charge is 0.545 e. The molecule has 0 saturated heterocycles. The SMILES string of the molecule is Cc1ccc(C(=O)[O-])cc1S(=O)(=O)Nc1ccccc1Cl. The van der Waals surface area contributed by atoms with Gasteiger partial charge in [0.2, 0.25) is 0 Å². The minimum Gasteiger partial charge on any atom is -0.545 e. The highest BCUT2D eigenvalue weighted by Gasteiger charge is 2.18. The topological polar surface area (TPSA) is 86.3 Å². The first kappa shape index (κ1) is 15.3. The first-order chi connectivity index (χ1) is 9.81. The molecule has 5 nitrogen and oxygen atoms in total. The van der Waals surface area contributed by atoms with E-state index in [1.165, 1.54) is 18.2 Å². The fourth-order valence-corrected chi connectivity index (χ4v) is 3.35. The van der Waals surface area contributed by atoms with Gasteiger partial charge in [-0.15, -0.1) is 0 Å². The van der Waals surface area contributed by atoms with Crippen LogP contribution in [-0.4, -0.2) is 14.4 Å². The van der Waals surface area contributed by atoms with Gasteiger partial charge in [0.25, 0.3) is 10.0 Å². The maximum absolute atomic E-state index is 12.4. The lowest BCUT2D eigenvalue weighted by Gasteiger charge is -2.13. The summed E-state index contributed by atoms with van der Waals surface area (Å²) in [5, 5.41) is 11.1. The number of hydrogen-bond acceptors (Lipinski definition) is 4. The second-order valence-electron chi connectivity index (χ2n) is 4.35. The number of sulfonamides is 1. The van der Waals surface area contributed by atoms with Crippen LogP contribution in [0.3, 0.4) is 0 Å². The standard InChI is InChI=1S/C14H12ClNO4S/c1-9-6-7-10(14(17)18)8-13(9)21(19,20)16-12-5-3-2-4-11(12)15/h2-8,16H,1H3,(H,17,18)/p-1. The molecule has 0 saturated carbocycles. The van der Waals surface area contributed by atoms with Crippen LogP contribution in [0.1, 0.15) is 15.9 Å². The third-order valence-electron chi connectivity index (χ3n) is 2.83. The maximum Gasteiger partial charge on any atom is 0.262 e. The van der Waals surface area contributed by atoms with Gasteiger partial charge in [-0.05, 0) is 36.2 Å². The summed E-state index contributed by atoms with van der Waals surface area (Å²) in [5.41, 5.74) is 0.428. The molecule has 0 bridgehead atoms. The summed E-state index contributed by atoms with van der Waals surface area (Å²) in [6.45, 7) is 1.57. The minimum absolute atomic E-state index is 0.135. The van der Waals surface area contributed by atoms with E-state index in [9.17, 15) is 18.3 Å². The van der Waals surface area contributed by atoms with E-state index in [1.807, 2.05) is 0 Å². The average molecular weight is 325 g/mol. The van der Waals surface area contributed by atoms with Crippen LogP contribution in [0.4, 0.5) is 5.69 Å². The number of para-hydroxylation sites is 1. The first-order valence-corrected chi connectivity index (χ1v) is 7.77. The Labute approximate surface area is 127 Å². The molecule has 7 heteroatoms. The lowest BCUT2D eigenvalue weighted by Crippen LogP contribution is -2.23. The molecule has 0 radical (unpaired) electrons. The van der Waals surface area contributed by atoms with Crippen molar-refractivity contribution in [1.29, 1.82) is 0 Å². The smallest absolute Gasteiger partial charge is 0.262 e. The Bertz CT molecular complexity index is 802. The minimum atomic E-state index is -3.95. The van der Waals surface area contributed by atoms with E-state index in [1.54, 1.807) is 25.1 Å². The molecule has 1 N–H and O–H groups in total. The third kappa shape index (κ3) is 3.34. The van der Waals surface area contributed by atoms with Gasteiger partial charge in [0.1, 0.15) is 0 Å². The van der Waals surface area contributed by atoms with Crippen LogP contribution in [0.5, 0.6) is 0 Å². The Morgan fingerprint density at radius 3 is 2.48 bits per heavy atom. The Morgan fingerprint density at radius 1 is 1.19 bits per heavy atom. The van der Waals surface area contributed by atoms with Gasteiger partial charge in [0.15, 0.2) is 0 Å². The van der Waals surface area contributed by atoms with E-state index >= 15 is 0 Å². The summed E-state index contributed by atoms with van der Waals surface area (Å²) in [4.78, 5) is 10.7. The van der Waals surface area contributed by atoms with Crippen molar-refractivity contribution < 1.29 is 18.3 Å². The van der Waals surface area contributed by atoms with Crippen molar-refractivity contribution in [2.24, 2.45) is 0 Å². The summed E-state index contributed by atoms with van der Waals surface area (Å²) in [5.74, 6) is -1.44. The van der Waals surface area contributed by atoms with Crippen LogP contribution in [-0.2, 0) is 10.0 Å². The number of halogens is 1. The molecule has 0 spiro atoms. The van der Waals surface area contributed by atoms with Crippen molar-refractivity contribution in [3.05, 3.63) is 58.6 Å². The van der Waals surface area contributed by atoms with E-state index in [2.05, 4.69) is 4.72 Å². The van der Waals surface area contributed by atoms with Gasteiger partial charge in [0.05, 0.1) is 21.6 Å². The van der Waals surface area contributed by atoms with Gasteiger partial charge in [-0.25, -0.2) is 8.42 Å². The van der Waals surface area contributed by atoms with E-state index in [0.29, 0.717) is 5.56 Å². The van der Waals surface area contributed by atoms with Crippen LogP contribution in [0, 0.1) is 6.92 Å². The number of benzene rings is 2. The molecule has 0 aliphatic carbocycles. The van der Waals surface area contributed by atoms with Crippen LogP contribution < -0.4 is 9.83 Å². The zero-order valence-electron chi connectivity index (χ0n) is 11.0. The van der Waals surface area contributed by atoms with Crippen molar-refractivity contribution in [1.82, 2.24) is 0 Å². The molecule has 0 unspecified atom stereocenters. The quantitative estimate of drug-likeness (QED) is 0.929. The number of anilines is 1. The second-order valence-corrected chi connectivity index (χ2v) is 6.41. The molecule has 110 valence electrons. The van der Waals surface area contributed by atoms with Crippen molar-refractivity contribution in [2.75, 3.05) is 4.72 Å². The van der Waals surface area contributed by atoms with Crippen LogP contribution in [0.25, 0.3) is 0 Å². The number of aryl methyl sites for hydroxylation is 1. The second kappa shape index (κ2) is 5.75. The normalized spacial score (nSPS) is 11.1. The Kier molecular flexibility index (Phi) is 4.20. The third-order valence-corrected chi connectivity index (χ3v) is 4.67. The van der Waals surface area contributed by atoms with Crippen molar-refractivity contribution in [2.45, 2.75) is 11.8 Å². The zero-order chi connectivity index (χ0) is 15.6. The van der Waals surface area contributed by atoms with E-state index in [-0.39, 0.29) is 21.2 Å². The number of nitrogens with one attached hydrogen (secondary N) is 1. The average Bonchev–Trinajstić information content (AvgIpc) is 2.41. The zero-order valence-corrected chi connectivity index (χ0v) is 12.5. The van der Waals surface area contributed by atoms with Gasteiger partial charge in [0, 0.05) is 0 Å². The Hall–Kier alpha value is -2.05. The number of rotatable bonds is 4. The molecular formula is C14H11ClNO4S-. The molecule has 2 aromatic carbocycles. The van der Waals surface area contributed by atoms with E-state index in [0.717, 1.165) is 6.07 Å².